The average molecular weight is 302 g/mol. The van der Waals surface area contributed by atoms with Crippen LogP contribution in [0.25, 0.3) is 0 Å². The molecule has 5 heteroatoms. The Bertz CT molecular complexity index is 549. The van der Waals surface area contributed by atoms with Crippen LogP contribution in [-0.4, -0.2) is 18.7 Å². The first-order chi connectivity index (χ1) is 10.3. The highest BCUT2D eigenvalue weighted by Crippen LogP contribution is 2.07. The molecule has 2 unspecified atom stereocenters. The standard InChI is InChI=1S/C16H19N2O2P/c19-16(17-14-9-5-2-6-10-14)20-12-15(18-21)11-13-7-3-1-4-8-13/h1-10,15,18H,11-12,21H2,(H,17,19). The molecule has 0 saturated heterocycles. The van der Waals surface area contributed by atoms with Gasteiger partial charge in [-0.3, -0.25) is 10.4 Å². The van der Waals surface area contributed by atoms with Crippen molar-refractivity contribution in [3.05, 3.63) is 66.2 Å². The van der Waals surface area contributed by atoms with E-state index in [9.17, 15) is 4.79 Å². The van der Waals surface area contributed by atoms with Crippen LogP contribution in [0.5, 0.6) is 0 Å². The maximum Gasteiger partial charge on any atom is 0.411 e. The van der Waals surface area contributed by atoms with Crippen molar-refractivity contribution in [1.82, 2.24) is 5.09 Å². The Morgan fingerprint density at radius 3 is 2.29 bits per heavy atom. The molecule has 110 valence electrons. The van der Waals surface area contributed by atoms with Gasteiger partial charge >= 0.3 is 6.09 Å². The fraction of sp³-hybridized carbons (Fsp3) is 0.188. The van der Waals surface area contributed by atoms with Crippen molar-refractivity contribution in [1.29, 1.82) is 0 Å². The predicted molar refractivity (Wildman–Crippen MR) is 88.2 cm³/mol. The van der Waals surface area contributed by atoms with E-state index >= 15 is 0 Å². The number of benzene rings is 2. The Hall–Kier alpha value is -1.90. The van der Waals surface area contributed by atoms with Gasteiger partial charge in [-0.2, -0.15) is 0 Å². The third-order valence-corrected chi connectivity index (χ3v) is 3.47. The first-order valence-electron chi connectivity index (χ1n) is 6.77. The van der Waals surface area contributed by atoms with Gasteiger partial charge in [0.05, 0.1) is 0 Å². The van der Waals surface area contributed by atoms with Gasteiger partial charge in [0.2, 0.25) is 0 Å². The number of rotatable bonds is 6. The van der Waals surface area contributed by atoms with E-state index < -0.39 is 6.09 Å². The molecule has 0 saturated carbocycles. The van der Waals surface area contributed by atoms with Crippen molar-refractivity contribution in [2.45, 2.75) is 12.5 Å². The van der Waals surface area contributed by atoms with Crippen LogP contribution in [0.2, 0.25) is 0 Å². The molecule has 2 aromatic carbocycles. The third-order valence-electron chi connectivity index (χ3n) is 3.00. The third kappa shape index (κ3) is 5.54. The van der Waals surface area contributed by atoms with Crippen LogP contribution < -0.4 is 10.4 Å². The SMILES string of the molecule is O=C(Nc1ccccc1)OCC(Cc1ccccc1)NP. The summed E-state index contributed by atoms with van der Waals surface area (Å²) in [6.45, 7) is 0.303. The van der Waals surface area contributed by atoms with Crippen molar-refractivity contribution < 1.29 is 9.53 Å². The molecule has 2 atom stereocenters. The number of para-hydroxylation sites is 1. The Kier molecular flexibility index (Phi) is 6.20. The molecule has 0 fully saturated rings. The Morgan fingerprint density at radius 1 is 1.05 bits per heavy atom. The Morgan fingerprint density at radius 2 is 1.67 bits per heavy atom. The second kappa shape index (κ2) is 8.40. The van der Waals surface area contributed by atoms with E-state index in [1.54, 1.807) is 0 Å². The highest BCUT2D eigenvalue weighted by atomic mass is 31.0. The van der Waals surface area contributed by atoms with Gasteiger partial charge in [0.15, 0.2) is 0 Å². The smallest absolute Gasteiger partial charge is 0.411 e. The van der Waals surface area contributed by atoms with Gasteiger partial charge in [-0.25, -0.2) is 4.79 Å². The molecular formula is C16H19N2O2P. The quantitative estimate of drug-likeness (QED) is 0.806. The van der Waals surface area contributed by atoms with Crippen LogP contribution in [0.1, 0.15) is 5.56 Å². The van der Waals surface area contributed by atoms with E-state index in [-0.39, 0.29) is 6.04 Å². The lowest BCUT2D eigenvalue weighted by atomic mass is 10.1. The van der Waals surface area contributed by atoms with E-state index in [1.807, 2.05) is 48.5 Å². The highest BCUT2D eigenvalue weighted by Gasteiger charge is 2.11. The van der Waals surface area contributed by atoms with Crippen molar-refractivity contribution >= 4 is 21.2 Å². The normalized spacial score (nSPS) is 11.7. The lowest BCUT2D eigenvalue weighted by molar-refractivity contribution is 0.152. The zero-order valence-corrected chi connectivity index (χ0v) is 12.8. The van der Waals surface area contributed by atoms with Crippen molar-refractivity contribution in [3.63, 3.8) is 0 Å². The van der Waals surface area contributed by atoms with Gasteiger partial charge in [-0.1, -0.05) is 57.9 Å². The van der Waals surface area contributed by atoms with Crippen LogP contribution in [0, 0.1) is 0 Å². The predicted octanol–water partition coefficient (Wildman–Crippen LogP) is 3.23. The van der Waals surface area contributed by atoms with Gasteiger partial charge < -0.3 is 4.74 Å². The fourth-order valence-corrected chi connectivity index (χ4v) is 2.13. The van der Waals surface area contributed by atoms with Crippen LogP contribution in [0.4, 0.5) is 10.5 Å². The van der Waals surface area contributed by atoms with E-state index in [2.05, 4.69) is 31.9 Å². The van der Waals surface area contributed by atoms with Crippen molar-refractivity contribution in [3.8, 4) is 0 Å². The molecule has 0 radical (unpaired) electrons. The molecule has 0 aromatic heterocycles. The number of anilines is 1. The Balaban J connectivity index is 1.79. The molecule has 0 aliphatic rings. The van der Waals surface area contributed by atoms with Crippen LogP contribution in [-0.2, 0) is 11.2 Å². The van der Waals surface area contributed by atoms with E-state index in [4.69, 9.17) is 4.74 Å². The summed E-state index contributed by atoms with van der Waals surface area (Å²) >= 11 is 0. The maximum atomic E-state index is 11.7. The molecule has 0 heterocycles. The number of ether oxygens (including phenoxy) is 1. The van der Waals surface area contributed by atoms with Gasteiger partial charge in [0, 0.05) is 11.7 Å². The van der Waals surface area contributed by atoms with Crippen LogP contribution in [0.15, 0.2) is 60.7 Å². The molecule has 0 bridgehead atoms. The molecule has 0 aliphatic heterocycles. The number of carbonyl (C=O) groups is 1. The summed E-state index contributed by atoms with van der Waals surface area (Å²) in [5, 5.41) is 5.77. The summed E-state index contributed by atoms with van der Waals surface area (Å²) < 4.78 is 5.25. The minimum absolute atomic E-state index is 0.0546. The summed E-state index contributed by atoms with van der Waals surface area (Å²) in [6, 6.07) is 19.4. The molecular weight excluding hydrogens is 283 g/mol. The summed E-state index contributed by atoms with van der Waals surface area (Å²) in [4.78, 5) is 11.7. The summed E-state index contributed by atoms with van der Waals surface area (Å²) in [5.41, 5.74) is 1.92. The van der Waals surface area contributed by atoms with Crippen molar-refractivity contribution in [2.75, 3.05) is 11.9 Å². The van der Waals surface area contributed by atoms with Crippen molar-refractivity contribution in [2.24, 2.45) is 0 Å². The minimum Gasteiger partial charge on any atom is -0.448 e. The highest BCUT2D eigenvalue weighted by molar-refractivity contribution is 7.13. The van der Waals surface area contributed by atoms with E-state index in [0.29, 0.717) is 6.61 Å². The summed E-state index contributed by atoms with van der Waals surface area (Å²) in [5.74, 6) is 0. The van der Waals surface area contributed by atoms with Gasteiger partial charge in [-0.05, 0) is 24.1 Å². The molecule has 2 aromatic rings. The maximum absolute atomic E-state index is 11.7. The number of amides is 1. The Labute approximate surface area is 127 Å². The van der Waals surface area contributed by atoms with E-state index in [0.717, 1.165) is 12.1 Å². The largest absolute Gasteiger partial charge is 0.448 e. The number of carbonyl (C=O) groups excluding carboxylic acids is 1. The molecule has 21 heavy (non-hydrogen) atoms. The molecule has 0 spiro atoms. The number of hydrogen-bond acceptors (Lipinski definition) is 3. The van der Waals surface area contributed by atoms with Gasteiger partial charge in [0.1, 0.15) is 6.61 Å². The molecule has 0 aliphatic carbocycles. The van der Waals surface area contributed by atoms with Crippen LogP contribution >= 0.6 is 9.39 Å². The zero-order valence-electron chi connectivity index (χ0n) is 11.7. The number of hydrogen-bond donors (Lipinski definition) is 2. The number of nitrogens with one attached hydrogen (secondary N) is 2. The average Bonchev–Trinajstić information content (AvgIpc) is 2.53. The van der Waals surface area contributed by atoms with Gasteiger partial charge in [-0.15, -0.1) is 0 Å². The minimum atomic E-state index is -0.445. The van der Waals surface area contributed by atoms with Gasteiger partial charge in [0.25, 0.3) is 0 Å². The molecule has 2 N–H and O–H groups in total. The lowest BCUT2D eigenvalue weighted by Crippen LogP contribution is -2.31. The second-order valence-corrected chi connectivity index (χ2v) is 4.98. The topological polar surface area (TPSA) is 50.4 Å². The van der Waals surface area contributed by atoms with E-state index in [1.165, 1.54) is 5.56 Å². The molecule has 4 nitrogen and oxygen atoms in total. The summed E-state index contributed by atoms with van der Waals surface area (Å²) in [6.07, 6.45) is 0.350. The van der Waals surface area contributed by atoms with Crippen LogP contribution in [0.3, 0.4) is 0 Å². The first kappa shape index (κ1) is 15.5. The monoisotopic (exact) mass is 302 g/mol. The summed E-state index contributed by atoms with van der Waals surface area (Å²) in [7, 11) is 2.47. The lowest BCUT2D eigenvalue weighted by Gasteiger charge is -2.16. The zero-order chi connectivity index (χ0) is 14.9. The first-order valence-corrected chi connectivity index (χ1v) is 7.34. The molecule has 1 amide bonds. The fourth-order valence-electron chi connectivity index (χ4n) is 1.92. The second-order valence-electron chi connectivity index (χ2n) is 4.64. The molecule has 2 rings (SSSR count).